The Hall–Kier alpha value is -2.73. The molecule has 1 aliphatic heterocycles. The number of carbonyl (C=O) groups is 2. The number of imide groups is 1. The van der Waals surface area contributed by atoms with Crippen molar-refractivity contribution < 1.29 is 14.3 Å². The Labute approximate surface area is 176 Å². The first-order valence-corrected chi connectivity index (χ1v) is 10.6. The zero-order valence-corrected chi connectivity index (χ0v) is 18.2. The molecule has 0 fully saturated rings. The van der Waals surface area contributed by atoms with Crippen LogP contribution in [0.25, 0.3) is 5.57 Å². The second-order valence-electron chi connectivity index (χ2n) is 7.18. The molecule has 152 valence electrons. The van der Waals surface area contributed by atoms with Gasteiger partial charge in [0.1, 0.15) is 5.75 Å². The molecule has 2 amide bonds. The molecular formula is C23H26N2O3S. The fourth-order valence-corrected chi connectivity index (χ4v) is 4.00. The summed E-state index contributed by atoms with van der Waals surface area (Å²) >= 11 is 1.40. The van der Waals surface area contributed by atoms with Gasteiger partial charge >= 0.3 is 0 Å². The molecule has 6 heteroatoms. The normalized spacial score (nSPS) is 14.2. The van der Waals surface area contributed by atoms with Crippen molar-refractivity contribution in [3.8, 4) is 5.75 Å². The van der Waals surface area contributed by atoms with E-state index in [1.54, 1.807) is 0 Å². The van der Waals surface area contributed by atoms with Gasteiger partial charge in [-0.05, 0) is 61.6 Å². The van der Waals surface area contributed by atoms with Crippen LogP contribution in [-0.2, 0) is 9.59 Å². The summed E-state index contributed by atoms with van der Waals surface area (Å²) in [6.07, 6.45) is 0.0709. The lowest BCUT2D eigenvalue weighted by Crippen LogP contribution is -2.31. The summed E-state index contributed by atoms with van der Waals surface area (Å²) in [4.78, 5) is 30.1. The van der Waals surface area contributed by atoms with Crippen LogP contribution >= 0.6 is 11.8 Å². The molecule has 0 atom stereocenters. The standard InChI is InChI=1S/C23H26N2O3S/c1-6-29-21-20(16-7-13-19(14-8-16)28-15(2)3)22(26)25(23(21)27)18-11-9-17(10-12-18)24(4)5/h7-15H,6H2,1-5H3. The van der Waals surface area contributed by atoms with Gasteiger partial charge in [0.2, 0.25) is 0 Å². The van der Waals surface area contributed by atoms with Crippen molar-refractivity contribution in [1.29, 1.82) is 0 Å². The lowest BCUT2D eigenvalue weighted by atomic mass is 10.1. The van der Waals surface area contributed by atoms with Crippen LogP contribution in [0.5, 0.6) is 5.75 Å². The first-order chi connectivity index (χ1) is 13.8. The predicted octanol–water partition coefficient (Wildman–Crippen LogP) is 4.58. The summed E-state index contributed by atoms with van der Waals surface area (Å²) in [5.74, 6) is 0.889. The number of benzene rings is 2. The Kier molecular flexibility index (Phi) is 6.33. The Bertz CT molecular complexity index is 932. The van der Waals surface area contributed by atoms with Crippen LogP contribution in [0.4, 0.5) is 11.4 Å². The van der Waals surface area contributed by atoms with Crippen LogP contribution in [-0.4, -0.2) is 37.8 Å². The summed E-state index contributed by atoms with van der Waals surface area (Å²) in [5.41, 5.74) is 2.76. The number of amides is 2. The zero-order valence-electron chi connectivity index (χ0n) is 17.4. The molecule has 0 unspecified atom stereocenters. The van der Waals surface area contributed by atoms with Gasteiger partial charge in [0.15, 0.2) is 0 Å². The maximum Gasteiger partial charge on any atom is 0.272 e. The summed E-state index contributed by atoms with van der Waals surface area (Å²) < 4.78 is 5.69. The van der Waals surface area contributed by atoms with Gasteiger partial charge in [0.05, 0.1) is 22.3 Å². The fourth-order valence-electron chi connectivity index (χ4n) is 3.15. The molecule has 1 heterocycles. The lowest BCUT2D eigenvalue weighted by molar-refractivity contribution is -0.119. The van der Waals surface area contributed by atoms with E-state index in [9.17, 15) is 9.59 Å². The number of thioether (sulfide) groups is 1. The molecule has 0 N–H and O–H groups in total. The minimum atomic E-state index is -0.291. The van der Waals surface area contributed by atoms with Crippen molar-refractivity contribution in [1.82, 2.24) is 0 Å². The molecule has 2 aromatic carbocycles. The molecule has 2 aromatic rings. The monoisotopic (exact) mass is 410 g/mol. The van der Waals surface area contributed by atoms with Crippen molar-refractivity contribution in [2.45, 2.75) is 26.9 Å². The van der Waals surface area contributed by atoms with Gasteiger partial charge in [-0.3, -0.25) is 9.59 Å². The maximum atomic E-state index is 13.3. The SMILES string of the molecule is CCSC1=C(c2ccc(OC(C)C)cc2)C(=O)N(c2ccc(N(C)C)cc2)C1=O. The van der Waals surface area contributed by atoms with Gasteiger partial charge in [-0.2, -0.15) is 0 Å². The molecule has 0 bridgehead atoms. The van der Waals surface area contributed by atoms with Gasteiger partial charge in [-0.15, -0.1) is 11.8 Å². The lowest BCUT2D eigenvalue weighted by Gasteiger charge is -2.18. The fraction of sp³-hybridized carbons (Fsp3) is 0.304. The van der Waals surface area contributed by atoms with E-state index in [4.69, 9.17) is 4.74 Å². The van der Waals surface area contributed by atoms with E-state index in [1.807, 2.05) is 88.3 Å². The van der Waals surface area contributed by atoms with Crippen LogP contribution in [0.2, 0.25) is 0 Å². The highest BCUT2D eigenvalue weighted by atomic mass is 32.2. The highest BCUT2D eigenvalue weighted by molar-refractivity contribution is 8.04. The molecule has 0 radical (unpaired) electrons. The maximum absolute atomic E-state index is 13.3. The number of hydrogen-bond acceptors (Lipinski definition) is 5. The highest BCUT2D eigenvalue weighted by Crippen LogP contribution is 2.39. The highest BCUT2D eigenvalue weighted by Gasteiger charge is 2.39. The number of carbonyl (C=O) groups excluding carboxylic acids is 2. The van der Waals surface area contributed by atoms with E-state index >= 15 is 0 Å². The number of nitrogens with zero attached hydrogens (tertiary/aromatic N) is 2. The van der Waals surface area contributed by atoms with Crippen molar-refractivity contribution >= 4 is 40.5 Å². The average molecular weight is 411 g/mol. The molecule has 0 spiro atoms. The Morgan fingerprint density at radius 2 is 1.59 bits per heavy atom. The number of rotatable bonds is 7. The second kappa shape index (κ2) is 8.74. The van der Waals surface area contributed by atoms with E-state index in [0.29, 0.717) is 21.9 Å². The summed E-state index contributed by atoms with van der Waals surface area (Å²) in [5, 5.41) is 0. The van der Waals surface area contributed by atoms with E-state index in [1.165, 1.54) is 16.7 Å². The van der Waals surface area contributed by atoms with E-state index in [0.717, 1.165) is 17.0 Å². The van der Waals surface area contributed by atoms with Crippen molar-refractivity contribution in [2.24, 2.45) is 0 Å². The van der Waals surface area contributed by atoms with Crippen LogP contribution < -0.4 is 14.5 Å². The third kappa shape index (κ3) is 4.32. The van der Waals surface area contributed by atoms with E-state index in [-0.39, 0.29) is 17.9 Å². The largest absolute Gasteiger partial charge is 0.491 e. The number of hydrogen-bond donors (Lipinski definition) is 0. The molecular weight excluding hydrogens is 384 g/mol. The molecule has 0 aromatic heterocycles. The van der Waals surface area contributed by atoms with Crippen LogP contribution in [0.3, 0.4) is 0 Å². The van der Waals surface area contributed by atoms with Gasteiger partial charge in [-0.1, -0.05) is 19.1 Å². The zero-order chi connectivity index (χ0) is 21.1. The smallest absolute Gasteiger partial charge is 0.272 e. The quantitative estimate of drug-likeness (QED) is 0.626. The number of ether oxygens (including phenoxy) is 1. The van der Waals surface area contributed by atoms with Gasteiger partial charge in [-0.25, -0.2) is 4.90 Å². The van der Waals surface area contributed by atoms with Gasteiger partial charge < -0.3 is 9.64 Å². The Balaban J connectivity index is 1.96. The van der Waals surface area contributed by atoms with Crippen LogP contribution in [0.15, 0.2) is 53.4 Å². The van der Waals surface area contributed by atoms with E-state index < -0.39 is 0 Å². The minimum absolute atomic E-state index is 0.0709. The molecule has 5 nitrogen and oxygen atoms in total. The molecule has 0 saturated carbocycles. The Morgan fingerprint density at radius 1 is 0.966 bits per heavy atom. The second-order valence-corrected chi connectivity index (χ2v) is 8.46. The van der Waals surface area contributed by atoms with Crippen molar-refractivity contribution in [2.75, 3.05) is 29.6 Å². The first-order valence-electron chi connectivity index (χ1n) is 9.63. The molecule has 1 aliphatic rings. The predicted molar refractivity (Wildman–Crippen MR) is 121 cm³/mol. The summed E-state index contributed by atoms with van der Waals surface area (Å²) in [6, 6.07) is 14.8. The molecule has 0 aliphatic carbocycles. The topological polar surface area (TPSA) is 49.9 Å². The molecule has 0 saturated heterocycles. The van der Waals surface area contributed by atoms with Gasteiger partial charge in [0, 0.05) is 19.8 Å². The van der Waals surface area contributed by atoms with Crippen molar-refractivity contribution in [3.05, 3.63) is 59.0 Å². The summed E-state index contributed by atoms with van der Waals surface area (Å²) in [6.45, 7) is 5.90. The molecule has 29 heavy (non-hydrogen) atoms. The third-order valence-corrected chi connectivity index (χ3v) is 5.43. The van der Waals surface area contributed by atoms with Crippen molar-refractivity contribution in [3.63, 3.8) is 0 Å². The average Bonchev–Trinajstić information content (AvgIpc) is 2.92. The number of anilines is 2. The van der Waals surface area contributed by atoms with Crippen LogP contribution in [0.1, 0.15) is 26.3 Å². The van der Waals surface area contributed by atoms with Crippen LogP contribution in [0, 0.1) is 0 Å². The summed E-state index contributed by atoms with van der Waals surface area (Å²) in [7, 11) is 3.90. The minimum Gasteiger partial charge on any atom is -0.491 e. The third-order valence-electron chi connectivity index (χ3n) is 4.47. The Morgan fingerprint density at radius 3 is 2.10 bits per heavy atom. The van der Waals surface area contributed by atoms with Gasteiger partial charge in [0.25, 0.3) is 11.8 Å². The first kappa shape index (κ1) is 21.0. The molecule has 3 rings (SSSR count). The van der Waals surface area contributed by atoms with E-state index in [2.05, 4.69) is 0 Å².